The second kappa shape index (κ2) is 8.35. The normalized spacial score (nSPS) is 16.6. The van der Waals surface area contributed by atoms with Gasteiger partial charge < -0.3 is 10.8 Å². The highest BCUT2D eigenvalue weighted by Gasteiger charge is 2.39. The number of amides is 2. The molecule has 1 heterocycles. The molecule has 1 saturated heterocycles. The van der Waals surface area contributed by atoms with E-state index < -0.39 is 39.6 Å². The summed E-state index contributed by atoms with van der Waals surface area (Å²) in [6.45, 7) is 0. The number of carbonyl (C=O) groups excluding carboxylic acids is 3. The number of imide groups is 1. The van der Waals surface area contributed by atoms with Crippen molar-refractivity contribution in [3.63, 3.8) is 0 Å². The maximum Gasteiger partial charge on any atom is 0.337 e. The third kappa shape index (κ3) is 5.75. The van der Waals surface area contributed by atoms with Crippen molar-refractivity contribution in [1.29, 1.82) is 0 Å². The van der Waals surface area contributed by atoms with Crippen LogP contribution in [0.3, 0.4) is 0 Å². The zero-order valence-corrected chi connectivity index (χ0v) is 15.4. The van der Waals surface area contributed by atoms with Crippen molar-refractivity contribution in [3.8, 4) is 0 Å². The summed E-state index contributed by atoms with van der Waals surface area (Å²) in [6.07, 6.45) is -0.488. The van der Waals surface area contributed by atoms with Gasteiger partial charge in [0, 0.05) is 11.3 Å². The molecule has 0 aromatic heterocycles. The van der Waals surface area contributed by atoms with Crippen LogP contribution in [0.2, 0.25) is 0 Å². The molecule has 0 saturated carbocycles. The van der Waals surface area contributed by atoms with Crippen LogP contribution in [0.15, 0.2) is 18.2 Å². The van der Waals surface area contributed by atoms with Crippen molar-refractivity contribution in [2.24, 2.45) is 0 Å². The molecular formula is C13H13IN2O8S. The molecule has 1 aliphatic heterocycles. The molecule has 136 valence electrons. The van der Waals surface area contributed by atoms with Crippen molar-refractivity contribution in [2.75, 3.05) is 10.2 Å². The number of alkyl halides is 1. The molecule has 0 radical (unpaired) electrons. The van der Waals surface area contributed by atoms with E-state index in [1.807, 2.05) is 22.6 Å². The summed E-state index contributed by atoms with van der Waals surface area (Å²) in [7, 11) is -4.42. The van der Waals surface area contributed by atoms with Crippen LogP contribution in [0, 0.1) is 0 Å². The van der Waals surface area contributed by atoms with Gasteiger partial charge in [0.15, 0.2) is 11.0 Å². The first-order chi connectivity index (χ1) is 11.5. The largest absolute Gasteiger partial charge is 0.478 e. The number of nitrogens with two attached hydrogens (primary N) is 1. The number of carboxylic acid groups (broad SMARTS) is 1. The topological polar surface area (TPSA) is 181 Å². The summed E-state index contributed by atoms with van der Waals surface area (Å²) in [4.78, 5) is 42.8. The van der Waals surface area contributed by atoms with E-state index >= 15 is 0 Å². The number of nitrogens with one attached hydrogen (secondary N) is 1. The fourth-order valence-corrected chi connectivity index (χ4v) is 2.91. The van der Waals surface area contributed by atoms with Gasteiger partial charge >= 0.3 is 5.97 Å². The fourth-order valence-electron chi connectivity index (χ4n) is 1.78. The standard InChI is InChI=1S/C9H8INO3.C4H5NO5S/c10-4-8(12)5-1-2-6(9(13)14)7(11)3-5;6-3-1-2(4(7)5-3)11(8,9)10/h1-3H,4,11H2,(H,13,14);2H,1H2,(H,5,6,7)(H,8,9,10). The molecule has 2 rings (SSSR count). The van der Waals surface area contributed by atoms with Crippen LogP contribution in [0.5, 0.6) is 0 Å². The summed E-state index contributed by atoms with van der Waals surface area (Å²) in [5, 5.41) is 8.83. The molecule has 1 aromatic rings. The number of anilines is 1. The molecule has 0 spiro atoms. The third-order valence-corrected chi connectivity index (χ3v) is 4.80. The van der Waals surface area contributed by atoms with Crippen molar-refractivity contribution < 1.29 is 37.3 Å². The Labute approximate surface area is 155 Å². The number of hydrogen-bond donors (Lipinski definition) is 4. The predicted molar refractivity (Wildman–Crippen MR) is 94.1 cm³/mol. The van der Waals surface area contributed by atoms with Gasteiger partial charge in [0.2, 0.25) is 11.8 Å². The van der Waals surface area contributed by atoms with E-state index in [1.165, 1.54) is 18.2 Å². The number of rotatable bonds is 4. The van der Waals surface area contributed by atoms with Gasteiger partial charge in [0.05, 0.1) is 16.4 Å². The van der Waals surface area contributed by atoms with Crippen LogP contribution in [0.25, 0.3) is 0 Å². The first-order valence-electron chi connectivity index (χ1n) is 6.49. The Bertz CT molecular complexity index is 836. The van der Waals surface area contributed by atoms with Gasteiger partial charge in [0.1, 0.15) is 0 Å². The summed E-state index contributed by atoms with van der Waals surface area (Å²) in [6, 6.07) is 4.21. The molecule has 12 heteroatoms. The van der Waals surface area contributed by atoms with Crippen molar-refractivity contribution in [3.05, 3.63) is 29.3 Å². The number of carbonyl (C=O) groups is 4. The molecule has 10 nitrogen and oxygen atoms in total. The number of hydrogen-bond acceptors (Lipinski definition) is 7. The Kier molecular flexibility index (Phi) is 7.01. The number of carboxylic acids is 1. The molecule has 1 aromatic carbocycles. The van der Waals surface area contributed by atoms with Crippen molar-refractivity contribution >= 4 is 62.0 Å². The number of halogens is 1. The number of benzene rings is 1. The first kappa shape index (κ1) is 21.0. The zero-order chi connectivity index (χ0) is 19.4. The van der Waals surface area contributed by atoms with E-state index in [0.717, 1.165) is 0 Å². The molecule has 25 heavy (non-hydrogen) atoms. The lowest BCUT2D eigenvalue weighted by molar-refractivity contribution is -0.124. The van der Waals surface area contributed by atoms with E-state index in [4.69, 9.17) is 15.4 Å². The van der Waals surface area contributed by atoms with Crippen LogP contribution in [0.1, 0.15) is 27.1 Å². The quantitative estimate of drug-likeness (QED) is 0.113. The molecule has 0 aliphatic carbocycles. The van der Waals surface area contributed by atoms with E-state index in [1.54, 1.807) is 5.32 Å². The van der Waals surface area contributed by atoms with Gasteiger partial charge in [-0.25, -0.2) is 4.79 Å². The summed E-state index contributed by atoms with van der Waals surface area (Å²) >= 11 is 1.94. The van der Waals surface area contributed by atoms with Crippen molar-refractivity contribution in [1.82, 2.24) is 5.32 Å². The van der Waals surface area contributed by atoms with Gasteiger partial charge in [0.25, 0.3) is 10.1 Å². The summed E-state index contributed by atoms with van der Waals surface area (Å²) in [5.41, 5.74) is 6.07. The lowest BCUT2D eigenvalue weighted by atomic mass is 10.1. The molecule has 1 fully saturated rings. The first-order valence-corrected chi connectivity index (χ1v) is 9.52. The predicted octanol–water partition coefficient (Wildman–Crippen LogP) is -0.126. The van der Waals surface area contributed by atoms with Gasteiger partial charge in [-0.05, 0) is 12.1 Å². The molecule has 1 aliphatic rings. The smallest absolute Gasteiger partial charge is 0.337 e. The second-order valence-corrected chi connectivity index (χ2v) is 7.15. The molecule has 2 amide bonds. The number of Topliss-reactive ketones (excluding diaryl/α,β-unsaturated/α-hetero) is 1. The Morgan fingerprint density at radius 1 is 1.32 bits per heavy atom. The third-order valence-electron chi connectivity index (χ3n) is 3.01. The molecule has 1 atom stereocenters. The monoisotopic (exact) mass is 484 g/mol. The lowest BCUT2D eigenvalue weighted by Gasteiger charge is -2.02. The maximum atomic E-state index is 11.2. The molecule has 5 N–H and O–H groups in total. The minimum atomic E-state index is -4.42. The lowest BCUT2D eigenvalue weighted by Crippen LogP contribution is -2.30. The fraction of sp³-hybridized carbons (Fsp3) is 0.231. The minimum absolute atomic E-state index is 0.0232. The van der Waals surface area contributed by atoms with Crippen molar-refractivity contribution in [2.45, 2.75) is 11.7 Å². The molecule has 0 bridgehead atoms. The summed E-state index contributed by atoms with van der Waals surface area (Å²) in [5.74, 6) is -2.79. The number of ketones is 1. The van der Waals surface area contributed by atoms with Crippen LogP contribution < -0.4 is 11.1 Å². The molecular weight excluding hydrogens is 471 g/mol. The highest BCUT2D eigenvalue weighted by Crippen LogP contribution is 2.15. The average Bonchev–Trinajstić information content (AvgIpc) is 2.85. The number of aromatic carboxylic acids is 1. The SMILES string of the molecule is Nc1cc(C(=O)CI)ccc1C(=O)O.O=C1CC(S(=O)(=O)O)C(=O)N1. The van der Waals surface area contributed by atoms with E-state index in [-0.39, 0.29) is 17.0 Å². The zero-order valence-electron chi connectivity index (χ0n) is 12.4. The van der Waals surface area contributed by atoms with Gasteiger partial charge in [-0.2, -0.15) is 8.42 Å². The second-order valence-electron chi connectivity index (χ2n) is 4.78. The van der Waals surface area contributed by atoms with Gasteiger partial charge in [-0.1, -0.05) is 28.7 Å². The van der Waals surface area contributed by atoms with E-state index in [0.29, 0.717) is 9.99 Å². The Balaban J connectivity index is 0.000000257. The highest BCUT2D eigenvalue weighted by atomic mass is 127. The highest BCUT2D eigenvalue weighted by molar-refractivity contribution is 14.1. The number of nitrogen functional groups attached to an aromatic ring is 1. The van der Waals surface area contributed by atoms with E-state index in [9.17, 15) is 27.6 Å². The van der Waals surface area contributed by atoms with Crippen LogP contribution in [-0.4, -0.2) is 51.3 Å². The van der Waals surface area contributed by atoms with Crippen LogP contribution >= 0.6 is 22.6 Å². The van der Waals surface area contributed by atoms with Crippen LogP contribution in [-0.2, 0) is 19.7 Å². The molecule has 1 unspecified atom stereocenters. The Morgan fingerprint density at radius 3 is 2.24 bits per heavy atom. The van der Waals surface area contributed by atoms with Gasteiger partial charge in [-0.15, -0.1) is 0 Å². The Morgan fingerprint density at radius 2 is 1.92 bits per heavy atom. The summed E-state index contributed by atoms with van der Waals surface area (Å²) < 4.78 is 29.4. The minimum Gasteiger partial charge on any atom is -0.478 e. The van der Waals surface area contributed by atoms with E-state index in [2.05, 4.69) is 0 Å². The average molecular weight is 484 g/mol. The maximum absolute atomic E-state index is 11.2. The van der Waals surface area contributed by atoms with Crippen LogP contribution in [0.4, 0.5) is 5.69 Å². The Hall–Kier alpha value is -2.06. The van der Waals surface area contributed by atoms with Gasteiger partial charge in [-0.3, -0.25) is 24.3 Å².